The molecule has 3 heterocycles. The summed E-state index contributed by atoms with van der Waals surface area (Å²) in [7, 11) is 0. The molecule has 2 aromatic carbocycles. The normalized spacial score (nSPS) is 18.3. The van der Waals surface area contributed by atoms with E-state index in [9.17, 15) is 9.90 Å². The van der Waals surface area contributed by atoms with Crippen molar-refractivity contribution in [3.63, 3.8) is 0 Å². The van der Waals surface area contributed by atoms with Gasteiger partial charge in [-0.1, -0.05) is 33.6 Å². The first-order valence-electron chi connectivity index (χ1n) is 11.5. The van der Waals surface area contributed by atoms with E-state index in [1.807, 2.05) is 35.0 Å². The number of hydrogen-bond donors (Lipinski definition) is 2. The van der Waals surface area contributed by atoms with Gasteiger partial charge in [0.1, 0.15) is 6.04 Å². The van der Waals surface area contributed by atoms with E-state index in [0.29, 0.717) is 23.3 Å². The number of nitrogens with zero attached hydrogens (tertiary/aromatic N) is 4. The molecule has 1 fully saturated rings. The van der Waals surface area contributed by atoms with Gasteiger partial charge >= 0.3 is 0 Å². The molecule has 2 N–H and O–H groups in total. The molecule has 2 atom stereocenters. The van der Waals surface area contributed by atoms with Crippen molar-refractivity contribution in [2.45, 2.75) is 32.0 Å². The monoisotopic (exact) mass is 552 g/mol. The van der Waals surface area contributed by atoms with E-state index in [-0.39, 0.29) is 11.6 Å². The molecule has 1 aliphatic heterocycles. The molecule has 5 rings (SSSR count). The number of fused-ring (bicyclic) bond motifs is 1. The fourth-order valence-electron chi connectivity index (χ4n) is 4.76. The summed E-state index contributed by atoms with van der Waals surface area (Å²) in [6, 6.07) is 16.6. The lowest BCUT2D eigenvalue weighted by molar-refractivity contribution is -0.958. The van der Waals surface area contributed by atoms with Crippen LogP contribution in [0.5, 0.6) is 5.88 Å². The summed E-state index contributed by atoms with van der Waals surface area (Å²) in [6.45, 7) is 1.55. The van der Waals surface area contributed by atoms with Gasteiger partial charge in [0.25, 0.3) is 5.91 Å². The first-order chi connectivity index (χ1) is 17.0. The van der Waals surface area contributed by atoms with E-state index in [0.717, 1.165) is 34.8 Å². The zero-order valence-corrected chi connectivity index (χ0v) is 21.2. The Balaban J connectivity index is 1.50. The van der Waals surface area contributed by atoms with Crippen molar-refractivity contribution in [2.75, 3.05) is 6.54 Å². The molecule has 1 saturated heterocycles. The fraction of sp³-hybridized carbons (Fsp3) is 0.231. The van der Waals surface area contributed by atoms with Crippen molar-refractivity contribution in [2.24, 2.45) is 10.2 Å². The molecule has 0 spiro atoms. The fourth-order valence-corrected chi connectivity index (χ4v) is 5.24. The highest BCUT2D eigenvalue weighted by atomic mass is 79.9. The molecule has 35 heavy (non-hydrogen) atoms. The van der Waals surface area contributed by atoms with Gasteiger partial charge < -0.3 is 10.0 Å². The lowest BCUT2D eigenvalue weighted by Crippen LogP contribution is -3.12. The number of halogens is 2. The van der Waals surface area contributed by atoms with Crippen LogP contribution in [0.4, 0.5) is 5.69 Å². The number of hydrogen-bond acceptors (Lipinski definition) is 4. The van der Waals surface area contributed by atoms with Crippen LogP contribution < -0.4 is 4.90 Å². The standard InChI is InChI=1S/C26H23BrClN5O2/c27-19-8-11-23-21(14-19)24(30-31-25(34)17-6-9-20(28)10-7-17)26(35)33(23)16-32-13-2-1-5-22(32)18-4-3-12-29-15-18/h3-4,6-12,14-15,22,35H,1-2,5,13,16H2/p+1/t22-/m1/s1. The molecule has 0 radical (unpaired) electrons. The maximum Gasteiger partial charge on any atom is 0.295 e. The largest absolute Gasteiger partial charge is 0.493 e. The number of azo groups is 1. The quantitative estimate of drug-likeness (QED) is 0.304. The lowest BCUT2D eigenvalue weighted by Gasteiger charge is -2.33. The number of benzene rings is 2. The van der Waals surface area contributed by atoms with E-state index in [1.54, 1.807) is 30.5 Å². The van der Waals surface area contributed by atoms with Crippen LogP contribution in [0.2, 0.25) is 5.02 Å². The van der Waals surface area contributed by atoms with Gasteiger partial charge in [-0.3, -0.25) is 14.3 Å². The second-order valence-electron chi connectivity index (χ2n) is 8.67. The van der Waals surface area contributed by atoms with Crippen LogP contribution in [0.1, 0.15) is 41.2 Å². The number of aromatic hydroxyl groups is 1. The van der Waals surface area contributed by atoms with Crippen LogP contribution in [0, 0.1) is 0 Å². The van der Waals surface area contributed by atoms with E-state index >= 15 is 0 Å². The van der Waals surface area contributed by atoms with Crippen molar-refractivity contribution in [3.8, 4) is 5.88 Å². The van der Waals surface area contributed by atoms with Crippen molar-refractivity contribution < 1.29 is 14.8 Å². The second-order valence-corrected chi connectivity index (χ2v) is 10.0. The molecule has 0 aliphatic carbocycles. The lowest BCUT2D eigenvalue weighted by atomic mass is 9.97. The third-order valence-electron chi connectivity index (χ3n) is 6.49. The number of piperidine rings is 1. The zero-order valence-electron chi connectivity index (χ0n) is 18.9. The highest BCUT2D eigenvalue weighted by Gasteiger charge is 2.30. The van der Waals surface area contributed by atoms with Crippen LogP contribution in [0.25, 0.3) is 10.9 Å². The maximum atomic E-state index is 12.6. The minimum Gasteiger partial charge on any atom is -0.493 e. The number of quaternary nitrogens is 1. The highest BCUT2D eigenvalue weighted by Crippen LogP contribution is 2.40. The predicted octanol–water partition coefficient (Wildman–Crippen LogP) is 5.85. The van der Waals surface area contributed by atoms with Crippen molar-refractivity contribution in [3.05, 3.63) is 87.6 Å². The molecule has 1 amide bonds. The smallest absolute Gasteiger partial charge is 0.295 e. The Kier molecular flexibility index (Phi) is 6.95. The molecule has 7 nitrogen and oxygen atoms in total. The number of likely N-dealkylation sites (tertiary alicyclic amines) is 1. The third kappa shape index (κ3) is 5.00. The van der Waals surface area contributed by atoms with Crippen molar-refractivity contribution in [1.29, 1.82) is 0 Å². The molecular weight excluding hydrogens is 530 g/mol. The average Bonchev–Trinajstić information content (AvgIpc) is 3.13. The Morgan fingerprint density at radius 2 is 2.03 bits per heavy atom. The Labute approximate surface area is 216 Å². The average molecular weight is 554 g/mol. The van der Waals surface area contributed by atoms with Crippen molar-refractivity contribution in [1.82, 2.24) is 9.55 Å². The van der Waals surface area contributed by atoms with Gasteiger partial charge in [-0.05, 0) is 61.4 Å². The molecule has 2 aromatic heterocycles. The summed E-state index contributed by atoms with van der Waals surface area (Å²) in [5, 5.41) is 20.6. The van der Waals surface area contributed by atoms with Crippen LogP contribution in [0.15, 0.2) is 81.7 Å². The summed E-state index contributed by atoms with van der Waals surface area (Å²) < 4.78 is 2.72. The number of amides is 1. The van der Waals surface area contributed by atoms with Crippen LogP contribution in [-0.4, -0.2) is 27.1 Å². The van der Waals surface area contributed by atoms with Crippen LogP contribution in [-0.2, 0) is 6.67 Å². The number of nitrogens with one attached hydrogen (secondary N) is 1. The summed E-state index contributed by atoms with van der Waals surface area (Å²) >= 11 is 9.42. The number of carbonyl (C=O) groups is 1. The number of rotatable bonds is 5. The Morgan fingerprint density at radius 1 is 1.20 bits per heavy atom. The predicted molar refractivity (Wildman–Crippen MR) is 138 cm³/mol. The molecule has 0 bridgehead atoms. The minimum absolute atomic E-state index is 0.00577. The maximum absolute atomic E-state index is 12.6. The van der Waals surface area contributed by atoms with Gasteiger partial charge in [0.2, 0.25) is 5.88 Å². The summed E-state index contributed by atoms with van der Waals surface area (Å²) in [5.74, 6) is -0.510. The zero-order chi connectivity index (χ0) is 24.4. The topological polar surface area (TPSA) is 84.3 Å². The number of aromatic nitrogens is 2. The Bertz CT molecular complexity index is 1390. The van der Waals surface area contributed by atoms with Gasteiger partial charge in [0.15, 0.2) is 12.4 Å². The summed E-state index contributed by atoms with van der Waals surface area (Å²) in [6.07, 6.45) is 7.08. The summed E-state index contributed by atoms with van der Waals surface area (Å²) in [4.78, 5) is 18.2. The van der Waals surface area contributed by atoms with Gasteiger partial charge in [0, 0.05) is 44.8 Å². The van der Waals surface area contributed by atoms with Gasteiger partial charge in [-0.15, -0.1) is 10.2 Å². The number of pyridine rings is 1. The molecular formula is C26H24BrClN5O2+. The summed E-state index contributed by atoms with van der Waals surface area (Å²) in [5.41, 5.74) is 2.69. The molecule has 0 saturated carbocycles. The van der Waals surface area contributed by atoms with E-state index in [4.69, 9.17) is 11.6 Å². The van der Waals surface area contributed by atoms with E-state index in [2.05, 4.69) is 37.2 Å². The second kappa shape index (κ2) is 10.3. The third-order valence-corrected chi connectivity index (χ3v) is 7.23. The van der Waals surface area contributed by atoms with Crippen LogP contribution >= 0.6 is 27.5 Å². The van der Waals surface area contributed by atoms with Gasteiger partial charge in [0.05, 0.1) is 12.1 Å². The minimum atomic E-state index is -0.504. The molecule has 178 valence electrons. The molecule has 1 aliphatic rings. The van der Waals surface area contributed by atoms with Gasteiger partial charge in [-0.2, -0.15) is 0 Å². The molecule has 4 aromatic rings. The Hall–Kier alpha value is -3.07. The Morgan fingerprint density at radius 3 is 2.80 bits per heavy atom. The van der Waals surface area contributed by atoms with Crippen LogP contribution in [0.3, 0.4) is 0 Å². The van der Waals surface area contributed by atoms with E-state index in [1.165, 1.54) is 16.9 Å². The van der Waals surface area contributed by atoms with Crippen molar-refractivity contribution >= 4 is 50.0 Å². The SMILES string of the molecule is O=C(N=Nc1c(O)n(C[NH+]2CCCC[C@@H]2c2cccnc2)c2ccc(Br)cc12)c1ccc(Cl)cc1. The van der Waals surface area contributed by atoms with Gasteiger partial charge in [-0.25, -0.2) is 0 Å². The first kappa shape index (κ1) is 23.7. The number of carbonyl (C=O) groups excluding carboxylic acids is 1. The molecule has 1 unspecified atom stereocenters. The molecule has 9 heteroatoms. The van der Waals surface area contributed by atoms with E-state index < -0.39 is 5.91 Å². The highest BCUT2D eigenvalue weighted by molar-refractivity contribution is 9.10. The first-order valence-corrected chi connectivity index (χ1v) is 12.6.